The first kappa shape index (κ1) is 23.2. The molecule has 0 saturated carbocycles. The number of hydrogen-bond donors (Lipinski definition) is 2. The van der Waals surface area contributed by atoms with Gasteiger partial charge in [0, 0.05) is 17.0 Å². The first-order valence-corrected chi connectivity index (χ1v) is 10.6. The summed E-state index contributed by atoms with van der Waals surface area (Å²) in [5, 5.41) is 13.0. The fourth-order valence-corrected chi connectivity index (χ4v) is 4.40. The van der Waals surface area contributed by atoms with Crippen molar-refractivity contribution in [3.63, 3.8) is 0 Å². The number of para-hydroxylation sites is 1. The third-order valence-corrected chi connectivity index (χ3v) is 6.15. The lowest BCUT2D eigenvalue weighted by Gasteiger charge is -2.17. The quantitative estimate of drug-likeness (QED) is 0.360. The number of halogens is 1. The van der Waals surface area contributed by atoms with Crippen LogP contribution in [0.25, 0.3) is 0 Å². The molecule has 32 heavy (non-hydrogen) atoms. The molecule has 1 heterocycles. The van der Waals surface area contributed by atoms with Gasteiger partial charge in [0.2, 0.25) is 5.78 Å². The Kier molecular flexibility index (Phi) is 7.41. The molecule has 1 aliphatic heterocycles. The molecule has 0 spiro atoms. The Morgan fingerprint density at radius 2 is 1.91 bits per heavy atom. The van der Waals surface area contributed by atoms with Gasteiger partial charge in [-0.25, -0.2) is 4.79 Å². The average Bonchev–Trinajstić information content (AvgIpc) is 3.09. The van der Waals surface area contributed by atoms with Gasteiger partial charge in [-0.2, -0.15) is 5.26 Å². The molecule has 2 aromatic rings. The maximum atomic E-state index is 12.6. The van der Waals surface area contributed by atoms with E-state index >= 15 is 0 Å². The zero-order chi connectivity index (χ0) is 23.3. The second kappa shape index (κ2) is 10.2. The Hall–Kier alpha value is -3.48. The predicted molar refractivity (Wildman–Crippen MR) is 121 cm³/mol. The first-order valence-electron chi connectivity index (χ1n) is 9.45. The van der Waals surface area contributed by atoms with Gasteiger partial charge < -0.3 is 20.7 Å². The highest BCUT2D eigenvalue weighted by Gasteiger charge is 2.28. The van der Waals surface area contributed by atoms with Crippen molar-refractivity contribution in [2.24, 2.45) is 5.73 Å². The molecule has 164 valence electrons. The van der Waals surface area contributed by atoms with Crippen molar-refractivity contribution >= 4 is 46.8 Å². The molecule has 10 heteroatoms. The number of carbonyl (C=O) groups is 3. The second-order valence-electron chi connectivity index (χ2n) is 6.82. The zero-order valence-electron chi connectivity index (χ0n) is 17.0. The zero-order valence-corrected chi connectivity index (χ0v) is 18.6. The SMILES string of the molecule is CN1/C(=C(\C#N)C(=O)COC(=O)C[C@H](NC(N)=O)c2ccc(Cl)cc2)Sc2ccccc21. The van der Waals surface area contributed by atoms with Gasteiger partial charge in [-0.05, 0) is 29.8 Å². The third kappa shape index (κ3) is 5.41. The molecule has 0 bridgehead atoms. The molecule has 0 aliphatic carbocycles. The lowest BCUT2D eigenvalue weighted by molar-refractivity contribution is -0.147. The molecule has 1 atom stereocenters. The summed E-state index contributed by atoms with van der Waals surface area (Å²) in [6.45, 7) is -0.597. The Bertz CT molecular complexity index is 1130. The molecule has 0 aromatic heterocycles. The maximum absolute atomic E-state index is 12.6. The van der Waals surface area contributed by atoms with Crippen LogP contribution in [0.2, 0.25) is 5.02 Å². The van der Waals surface area contributed by atoms with Crippen LogP contribution < -0.4 is 16.0 Å². The van der Waals surface area contributed by atoms with E-state index in [2.05, 4.69) is 5.32 Å². The van der Waals surface area contributed by atoms with Gasteiger partial charge in [-0.1, -0.05) is 47.6 Å². The summed E-state index contributed by atoms with van der Waals surface area (Å²) in [5.41, 5.74) is 6.59. The first-order chi connectivity index (χ1) is 15.3. The number of nitriles is 1. The molecule has 0 unspecified atom stereocenters. The number of urea groups is 1. The van der Waals surface area contributed by atoms with Crippen LogP contribution in [-0.2, 0) is 14.3 Å². The molecule has 3 rings (SSSR count). The summed E-state index contributed by atoms with van der Waals surface area (Å²) in [7, 11) is 1.76. The number of hydrogen-bond acceptors (Lipinski definition) is 7. The highest BCUT2D eigenvalue weighted by Crippen LogP contribution is 2.46. The van der Waals surface area contributed by atoms with Crippen LogP contribution in [-0.4, -0.2) is 31.4 Å². The van der Waals surface area contributed by atoms with Crippen molar-refractivity contribution in [3.8, 4) is 6.07 Å². The predicted octanol–water partition coefficient (Wildman–Crippen LogP) is 3.53. The smallest absolute Gasteiger partial charge is 0.312 e. The van der Waals surface area contributed by atoms with Crippen LogP contribution in [0.1, 0.15) is 18.0 Å². The Labute approximate surface area is 194 Å². The van der Waals surface area contributed by atoms with E-state index in [1.54, 1.807) is 36.2 Å². The number of ketones is 1. The normalized spacial score (nSPS) is 14.7. The Morgan fingerprint density at radius 1 is 1.22 bits per heavy atom. The number of nitrogens with two attached hydrogens (primary N) is 1. The number of nitrogens with one attached hydrogen (secondary N) is 1. The highest BCUT2D eigenvalue weighted by molar-refractivity contribution is 8.03. The number of rotatable bonds is 7. The van der Waals surface area contributed by atoms with Gasteiger partial charge in [0.05, 0.1) is 18.2 Å². The van der Waals surface area contributed by atoms with Gasteiger partial charge in [-0.3, -0.25) is 9.59 Å². The number of nitrogens with zero attached hydrogens (tertiary/aromatic N) is 2. The van der Waals surface area contributed by atoms with E-state index in [4.69, 9.17) is 22.1 Å². The van der Waals surface area contributed by atoms with Gasteiger partial charge >= 0.3 is 12.0 Å². The van der Waals surface area contributed by atoms with E-state index in [9.17, 15) is 19.6 Å². The van der Waals surface area contributed by atoms with Crippen LogP contribution >= 0.6 is 23.4 Å². The summed E-state index contributed by atoms with van der Waals surface area (Å²) < 4.78 is 5.10. The lowest BCUT2D eigenvalue weighted by Crippen LogP contribution is -2.34. The van der Waals surface area contributed by atoms with E-state index in [1.165, 1.54) is 11.8 Å². The number of esters is 1. The number of anilines is 1. The van der Waals surface area contributed by atoms with Crippen molar-refractivity contribution in [2.75, 3.05) is 18.6 Å². The molecule has 1 aliphatic rings. The molecule has 2 aromatic carbocycles. The van der Waals surface area contributed by atoms with E-state index in [0.717, 1.165) is 10.6 Å². The average molecular weight is 471 g/mol. The number of carbonyl (C=O) groups excluding carboxylic acids is 3. The van der Waals surface area contributed by atoms with Crippen LogP contribution in [0.3, 0.4) is 0 Å². The molecule has 0 saturated heterocycles. The van der Waals surface area contributed by atoms with E-state index < -0.39 is 30.4 Å². The summed E-state index contributed by atoms with van der Waals surface area (Å²) in [6, 6.07) is 14.4. The molecule has 8 nitrogen and oxygen atoms in total. The Morgan fingerprint density at radius 3 is 2.53 bits per heavy atom. The summed E-state index contributed by atoms with van der Waals surface area (Å²) in [5.74, 6) is -1.35. The van der Waals surface area contributed by atoms with Crippen molar-refractivity contribution < 1.29 is 19.1 Å². The number of primary amides is 1. The van der Waals surface area contributed by atoms with Gasteiger partial charge in [-0.15, -0.1) is 0 Å². The summed E-state index contributed by atoms with van der Waals surface area (Å²) in [4.78, 5) is 39.0. The van der Waals surface area contributed by atoms with E-state index in [-0.39, 0.29) is 12.0 Å². The number of ether oxygens (including phenoxy) is 1. The topological polar surface area (TPSA) is 126 Å². The lowest BCUT2D eigenvalue weighted by atomic mass is 10.0. The molecular weight excluding hydrogens is 452 g/mol. The molecule has 3 N–H and O–H groups in total. The summed E-state index contributed by atoms with van der Waals surface area (Å²) in [6.07, 6.45) is -0.254. The van der Waals surface area contributed by atoms with E-state index in [1.807, 2.05) is 30.3 Å². The van der Waals surface area contributed by atoms with E-state index in [0.29, 0.717) is 15.6 Å². The minimum absolute atomic E-state index is 0.0917. The monoisotopic (exact) mass is 470 g/mol. The maximum Gasteiger partial charge on any atom is 0.312 e. The number of benzene rings is 2. The molecular formula is C22H19ClN4O4S. The van der Waals surface area contributed by atoms with Gasteiger partial charge in [0.15, 0.2) is 6.61 Å². The van der Waals surface area contributed by atoms with Crippen LogP contribution in [0.4, 0.5) is 10.5 Å². The Balaban J connectivity index is 1.66. The summed E-state index contributed by atoms with van der Waals surface area (Å²) >= 11 is 7.18. The number of Topliss-reactive ketones (excluding diaryl/α,β-unsaturated/α-hetero) is 1. The van der Waals surface area contributed by atoms with Gasteiger partial charge in [0.1, 0.15) is 16.7 Å². The molecule has 0 radical (unpaired) electrons. The van der Waals surface area contributed by atoms with Crippen molar-refractivity contribution in [1.82, 2.24) is 5.32 Å². The fraction of sp³-hybridized carbons (Fsp3) is 0.182. The van der Waals surface area contributed by atoms with Crippen LogP contribution in [0.5, 0.6) is 0 Å². The second-order valence-corrected chi connectivity index (χ2v) is 8.29. The number of fused-ring (bicyclic) bond motifs is 1. The molecule has 0 fully saturated rings. The van der Waals surface area contributed by atoms with Crippen LogP contribution in [0.15, 0.2) is 64.0 Å². The third-order valence-electron chi connectivity index (χ3n) is 4.67. The van der Waals surface area contributed by atoms with Gasteiger partial charge in [0.25, 0.3) is 0 Å². The van der Waals surface area contributed by atoms with Crippen LogP contribution in [0, 0.1) is 11.3 Å². The number of amides is 2. The highest BCUT2D eigenvalue weighted by atomic mass is 35.5. The van der Waals surface area contributed by atoms with Crippen molar-refractivity contribution in [3.05, 3.63) is 69.7 Å². The minimum Gasteiger partial charge on any atom is -0.457 e. The molecule has 2 amide bonds. The standard InChI is InChI=1S/C22H19ClN4O4S/c1-27-17-4-2-3-5-19(17)32-21(27)15(11-24)18(28)12-31-20(29)10-16(26-22(25)30)13-6-8-14(23)9-7-13/h2-9,16H,10,12H2,1H3,(H3,25,26,30)/b21-15-/t16-/m0/s1. The minimum atomic E-state index is -0.814. The van der Waals surface area contributed by atoms with Crippen molar-refractivity contribution in [2.45, 2.75) is 17.4 Å². The van der Waals surface area contributed by atoms with Crippen molar-refractivity contribution in [1.29, 1.82) is 5.26 Å². The largest absolute Gasteiger partial charge is 0.457 e. The fourth-order valence-electron chi connectivity index (χ4n) is 3.11. The number of thioether (sulfide) groups is 1.